The minimum Gasteiger partial charge on any atom is -0.481 e. The fourth-order valence-corrected chi connectivity index (χ4v) is 2.60. The van der Waals surface area contributed by atoms with Crippen LogP contribution in [0.15, 0.2) is 17.2 Å². The van der Waals surface area contributed by atoms with Crippen molar-refractivity contribution < 1.29 is 14.7 Å². The highest BCUT2D eigenvalue weighted by atomic mass is 16.4. The molecule has 0 bridgehead atoms. The van der Waals surface area contributed by atoms with E-state index in [0.717, 1.165) is 19.0 Å². The summed E-state index contributed by atoms with van der Waals surface area (Å²) in [7, 11) is 0. The van der Waals surface area contributed by atoms with Gasteiger partial charge in [-0.3, -0.25) is 14.4 Å². The zero-order valence-electron chi connectivity index (χ0n) is 11.2. The van der Waals surface area contributed by atoms with E-state index in [4.69, 9.17) is 0 Å². The molecule has 2 heterocycles. The van der Waals surface area contributed by atoms with Gasteiger partial charge in [0.1, 0.15) is 5.69 Å². The summed E-state index contributed by atoms with van der Waals surface area (Å²) in [4.78, 5) is 42.1. The van der Waals surface area contributed by atoms with Crippen LogP contribution >= 0.6 is 0 Å². The molecule has 0 spiro atoms. The van der Waals surface area contributed by atoms with Crippen LogP contribution in [0.1, 0.15) is 30.3 Å². The molecule has 20 heavy (non-hydrogen) atoms. The summed E-state index contributed by atoms with van der Waals surface area (Å²) in [5.41, 5.74) is -0.249. The number of aromatic amines is 1. The minimum absolute atomic E-state index is 0.0239. The Morgan fingerprint density at radius 3 is 2.80 bits per heavy atom. The second-order valence-corrected chi connectivity index (χ2v) is 5.00. The summed E-state index contributed by atoms with van der Waals surface area (Å²) in [6.45, 7) is 2.61. The van der Waals surface area contributed by atoms with Gasteiger partial charge in [-0.15, -0.1) is 0 Å². The van der Waals surface area contributed by atoms with E-state index < -0.39 is 11.9 Å². The van der Waals surface area contributed by atoms with E-state index in [0.29, 0.717) is 6.54 Å². The number of carbonyl (C=O) groups excluding carboxylic acids is 1. The van der Waals surface area contributed by atoms with Crippen LogP contribution in [-0.2, 0) is 4.79 Å². The first-order valence-corrected chi connectivity index (χ1v) is 6.59. The van der Waals surface area contributed by atoms with E-state index >= 15 is 0 Å². The molecule has 1 amide bonds. The Kier molecular flexibility index (Phi) is 4.16. The number of aliphatic carboxylic acids is 1. The van der Waals surface area contributed by atoms with Gasteiger partial charge >= 0.3 is 5.97 Å². The molecule has 2 atom stereocenters. The first-order chi connectivity index (χ1) is 9.52. The summed E-state index contributed by atoms with van der Waals surface area (Å²) in [5.74, 6) is -1.76. The van der Waals surface area contributed by atoms with E-state index in [1.54, 1.807) is 0 Å². The van der Waals surface area contributed by atoms with Crippen LogP contribution in [0.2, 0.25) is 0 Å². The van der Waals surface area contributed by atoms with Crippen LogP contribution in [0.5, 0.6) is 0 Å². The van der Waals surface area contributed by atoms with Crippen molar-refractivity contribution in [2.75, 3.05) is 13.1 Å². The highest BCUT2D eigenvalue weighted by molar-refractivity contribution is 5.92. The number of carboxylic acids is 1. The van der Waals surface area contributed by atoms with E-state index in [9.17, 15) is 19.5 Å². The molecule has 0 unspecified atom stereocenters. The topological polar surface area (TPSA) is 103 Å². The van der Waals surface area contributed by atoms with Crippen molar-refractivity contribution in [1.82, 2.24) is 14.9 Å². The smallest absolute Gasteiger partial charge is 0.308 e. The molecule has 0 aromatic carbocycles. The third kappa shape index (κ3) is 2.87. The van der Waals surface area contributed by atoms with Crippen molar-refractivity contribution in [3.63, 3.8) is 0 Å². The Morgan fingerprint density at radius 2 is 2.25 bits per heavy atom. The second kappa shape index (κ2) is 5.85. The molecule has 2 rings (SSSR count). The maximum Gasteiger partial charge on any atom is 0.308 e. The summed E-state index contributed by atoms with van der Waals surface area (Å²) in [5, 5.41) is 9.22. The molecule has 7 nitrogen and oxygen atoms in total. The Balaban J connectivity index is 2.13. The normalized spacial score (nSPS) is 21.9. The van der Waals surface area contributed by atoms with Gasteiger partial charge in [0.15, 0.2) is 0 Å². The van der Waals surface area contributed by atoms with Gasteiger partial charge in [-0.25, -0.2) is 4.98 Å². The molecule has 7 heteroatoms. The largest absolute Gasteiger partial charge is 0.481 e. The average molecular weight is 279 g/mol. The molecule has 108 valence electrons. The number of amides is 1. The van der Waals surface area contributed by atoms with Crippen molar-refractivity contribution in [2.24, 2.45) is 11.8 Å². The van der Waals surface area contributed by atoms with Crippen LogP contribution < -0.4 is 5.56 Å². The SMILES string of the molecule is CCC[C@@H]1CN(C(=O)c2c[nH]c(=O)cn2)C[C@H]1C(=O)O. The van der Waals surface area contributed by atoms with Crippen LogP contribution in [0.25, 0.3) is 0 Å². The number of carboxylic acid groups (broad SMARTS) is 1. The van der Waals surface area contributed by atoms with E-state index in [1.165, 1.54) is 11.1 Å². The van der Waals surface area contributed by atoms with Gasteiger partial charge < -0.3 is 15.0 Å². The van der Waals surface area contributed by atoms with Gasteiger partial charge in [-0.1, -0.05) is 13.3 Å². The first-order valence-electron chi connectivity index (χ1n) is 6.59. The van der Waals surface area contributed by atoms with Crippen molar-refractivity contribution >= 4 is 11.9 Å². The Bertz CT molecular complexity index is 548. The van der Waals surface area contributed by atoms with Crippen LogP contribution in [0, 0.1) is 11.8 Å². The maximum atomic E-state index is 12.2. The molecule has 1 aliphatic heterocycles. The van der Waals surface area contributed by atoms with E-state index in [1.807, 2.05) is 6.92 Å². The lowest BCUT2D eigenvalue weighted by molar-refractivity contribution is -0.142. The lowest BCUT2D eigenvalue weighted by Gasteiger charge is -2.15. The standard InChI is InChI=1S/C13H17N3O4/c1-2-3-8-6-16(7-9(8)13(19)20)12(18)10-4-15-11(17)5-14-10/h4-5,8-9H,2-3,6-7H2,1H3,(H,15,17)(H,19,20)/t8-,9-/m1/s1. The van der Waals surface area contributed by atoms with Crippen LogP contribution in [-0.4, -0.2) is 44.9 Å². The van der Waals surface area contributed by atoms with Crippen molar-refractivity contribution in [2.45, 2.75) is 19.8 Å². The van der Waals surface area contributed by atoms with Gasteiger partial charge in [0.05, 0.1) is 12.1 Å². The summed E-state index contributed by atoms with van der Waals surface area (Å²) >= 11 is 0. The molecule has 1 aliphatic rings. The summed E-state index contributed by atoms with van der Waals surface area (Å²) in [6, 6.07) is 0. The predicted molar refractivity (Wildman–Crippen MR) is 70.3 cm³/mol. The average Bonchev–Trinajstić information content (AvgIpc) is 2.83. The number of rotatable bonds is 4. The fourth-order valence-electron chi connectivity index (χ4n) is 2.60. The molecule has 1 fully saturated rings. The molecule has 1 aromatic heterocycles. The lowest BCUT2D eigenvalue weighted by Crippen LogP contribution is -2.31. The molecular weight excluding hydrogens is 262 g/mol. The second-order valence-electron chi connectivity index (χ2n) is 5.00. The van der Waals surface area contributed by atoms with Crippen molar-refractivity contribution in [3.8, 4) is 0 Å². The zero-order chi connectivity index (χ0) is 14.7. The number of nitrogens with zero attached hydrogens (tertiary/aromatic N) is 2. The van der Waals surface area contributed by atoms with Gasteiger partial charge in [-0.2, -0.15) is 0 Å². The van der Waals surface area contributed by atoms with Gasteiger partial charge in [0.2, 0.25) is 0 Å². The Hall–Kier alpha value is -2.18. The van der Waals surface area contributed by atoms with Crippen LogP contribution in [0.3, 0.4) is 0 Å². The third-order valence-corrected chi connectivity index (χ3v) is 3.60. The Morgan fingerprint density at radius 1 is 1.50 bits per heavy atom. The number of hydrogen-bond donors (Lipinski definition) is 2. The van der Waals surface area contributed by atoms with E-state index in [2.05, 4.69) is 9.97 Å². The molecule has 2 N–H and O–H groups in total. The zero-order valence-corrected chi connectivity index (χ0v) is 11.2. The molecule has 1 saturated heterocycles. The number of nitrogens with one attached hydrogen (secondary N) is 1. The number of likely N-dealkylation sites (tertiary alicyclic amines) is 1. The minimum atomic E-state index is -0.867. The first kappa shape index (κ1) is 14.2. The van der Waals surface area contributed by atoms with Gasteiger partial charge in [0, 0.05) is 19.3 Å². The lowest BCUT2D eigenvalue weighted by atomic mass is 9.92. The summed E-state index contributed by atoms with van der Waals surface area (Å²) < 4.78 is 0. The van der Waals surface area contributed by atoms with Crippen molar-refractivity contribution in [1.29, 1.82) is 0 Å². The molecule has 0 aliphatic carbocycles. The van der Waals surface area contributed by atoms with Crippen molar-refractivity contribution in [3.05, 3.63) is 28.4 Å². The number of carbonyl (C=O) groups is 2. The molecule has 0 saturated carbocycles. The third-order valence-electron chi connectivity index (χ3n) is 3.60. The van der Waals surface area contributed by atoms with Gasteiger partial charge in [0.25, 0.3) is 11.5 Å². The van der Waals surface area contributed by atoms with Crippen LogP contribution in [0.4, 0.5) is 0 Å². The Labute approximate surface area is 115 Å². The monoisotopic (exact) mass is 279 g/mol. The fraction of sp³-hybridized carbons (Fsp3) is 0.538. The highest BCUT2D eigenvalue weighted by Crippen LogP contribution is 2.28. The summed E-state index contributed by atoms with van der Waals surface area (Å²) in [6.07, 6.45) is 3.96. The molecule has 0 radical (unpaired) electrons. The van der Waals surface area contributed by atoms with E-state index in [-0.39, 0.29) is 29.6 Å². The maximum absolute atomic E-state index is 12.2. The number of H-pyrrole nitrogens is 1. The quantitative estimate of drug-likeness (QED) is 0.827. The molecular formula is C13H17N3O4. The molecule has 1 aromatic rings. The van der Waals surface area contributed by atoms with Gasteiger partial charge in [-0.05, 0) is 12.3 Å². The highest BCUT2D eigenvalue weighted by Gasteiger charge is 2.39. The predicted octanol–water partition coefficient (Wildman–Crippen LogP) is 0.343. The number of hydrogen-bond acceptors (Lipinski definition) is 4. The number of aromatic nitrogens is 2.